The Morgan fingerprint density at radius 1 is 0.653 bits per heavy atom. The summed E-state index contributed by atoms with van der Waals surface area (Å²) in [6.07, 6.45) is 1.91. The van der Waals surface area contributed by atoms with E-state index in [9.17, 15) is 33.6 Å². The third-order valence-corrected chi connectivity index (χ3v) is 10.4. The Morgan fingerprint density at radius 2 is 1.08 bits per heavy atom. The summed E-state index contributed by atoms with van der Waals surface area (Å²) in [6.45, 7) is 2.28. The smallest absolute Gasteiger partial charge is 0.407 e. The lowest BCUT2D eigenvalue weighted by Gasteiger charge is -2.34. The molecule has 49 heavy (non-hydrogen) atoms. The molecular weight excluding hydrogens is 648 g/mol. The van der Waals surface area contributed by atoms with Crippen molar-refractivity contribution >= 4 is 41.9 Å². The van der Waals surface area contributed by atoms with E-state index in [-0.39, 0.29) is 30.3 Å². The van der Waals surface area contributed by atoms with Crippen LogP contribution in [0.2, 0.25) is 0 Å². The maximum Gasteiger partial charge on any atom is 0.407 e. The van der Waals surface area contributed by atoms with E-state index >= 15 is 0 Å². The van der Waals surface area contributed by atoms with Crippen molar-refractivity contribution in [3.8, 4) is 0 Å². The monoisotopic (exact) mass is 696 g/mol. The molecule has 2 aliphatic heterocycles. The third-order valence-electron chi connectivity index (χ3n) is 10.4. The number of likely N-dealkylation sites (tertiary alicyclic amines) is 2. The number of nitrogens with one attached hydrogen (secondary N) is 2. The Kier molecular flexibility index (Phi) is 12.8. The van der Waals surface area contributed by atoms with Crippen molar-refractivity contribution in [2.45, 2.75) is 114 Å². The van der Waals surface area contributed by atoms with Gasteiger partial charge < -0.3 is 48.9 Å². The van der Waals surface area contributed by atoms with Crippen LogP contribution in [-0.4, -0.2) is 135 Å². The van der Waals surface area contributed by atoms with Crippen LogP contribution in [0, 0.1) is 11.8 Å². The molecule has 2 N–H and O–H groups in total. The topological polar surface area (TPSA) is 205 Å². The van der Waals surface area contributed by atoms with Crippen LogP contribution in [0.5, 0.6) is 0 Å². The van der Waals surface area contributed by atoms with Crippen LogP contribution in [0.4, 0.5) is 9.59 Å². The van der Waals surface area contributed by atoms with E-state index in [0.29, 0.717) is 19.3 Å². The third kappa shape index (κ3) is 8.25. The van der Waals surface area contributed by atoms with Gasteiger partial charge in [-0.05, 0) is 64.2 Å². The second-order valence-electron chi connectivity index (χ2n) is 13.0. The van der Waals surface area contributed by atoms with E-state index in [1.165, 1.54) is 24.0 Å². The lowest BCUT2D eigenvalue weighted by Crippen LogP contribution is -2.58. The molecule has 0 aromatic rings. The van der Waals surface area contributed by atoms with Crippen LogP contribution in [-0.2, 0) is 52.4 Å². The fourth-order valence-corrected chi connectivity index (χ4v) is 7.79. The number of alkyl carbamates (subject to hydrolysis) is 2. The van der Waals surface area contributed by atoms with Gasteiger partial charge in [-0.25, -0.2) is 24.0 Å². The summed E-state index contributed by atoms with van der Waals surface area (Å²) < 4.78 is 30.4. The molecule has 4 fully saturated rings. The highest BCUT2D eigenvalue weighted by atomic mass is 16.6. The van der Waals surface area contributed by atoms with Crippen molar-refractivity contribution < 1.29 is 62.0 Å². The Bertz CT molecular complexity index is 1280. The molecule has 6 unspecified atom stereocenters. The number of hydrogen-bond acceptors (Lipinski definition) is 13. The summed E-state index contributed by atoms with van der Waals surface area (Å²) in [6, 6.07) is -5.05. The van der Waals surface area contributed by atoms with Gasteiger partial charge in [-0.3, -0.25) is 9.59 Å². The zero-order valence-electron chi connectivity index (χ0n) is 28.8. The van der Waals surface area contributed by atoms with Gasteiger partial charge in [-0.1, -0.05) is 12.8 Å². The summed E-state index contributed by atoms with van der Waals surface area (Å²) in [5.74, 6) is -4.09. The van der Waals surface area contributed by atoms with Crippen LogP contribution >= 0.6 is 0 Å². The number of carbonyl (C=O) groups excluding carboxylic acids is 7. The highest BCUT2D eigenvalue weighted by Crippen LogP contribution is 2.43. The molecule has 2 heterocycles. The number of esters is 3. The van der Waals surface area contributed by atoms with Crippen molar-refractivity contribution in [1.29, 1.82) is 0 Å². The van der Waals surface area contributed by atoms with E-state index in [2.05, 4.69) is 20.1 Å². The molecule has 2 saturated carbocycles. The summed E-state index contributed by atoms with van der Waals surface area (Å²) in [5, 5.41) is 4.96. The average Bonchev–Trinajstić information content (AvgIpc) is 3.88. The maximum absolute atomic E-state index is 13.8. The standard InChI is InChI=1S/C32H48N4O13/c1-16(44-3)25(33-31(42)46-5)27(38)35-20-11-7-9-18(20)13-22(35)29(40)48-15-24(37)49-30(41)23-14-19-10-8-12-21(19)36(23)28(39)26(17(2)45-4)34-32(43)47-6/h16-23,25-26H,7-15H2,1-6H3,(H,33,42)(H,34,43)/t16-,17-,18?,19?,20?,21?,22?,23?,25+,26+/m1/s1. The van der Waals surface area contributed by atoms with Crippen LogP contribution in [0.15, 0.2) is 0 Å². The van der Waals surface area contributed by atoms with Crippen molar-refractivity contribution in [3.05, 3.63) is 0 Å². The first-order chi connectivity index (χ1) is 23.4. The zero-order chi connectivity index (χ0) is 36.0. The number of fused-ring (bicyclic) bond motifs is 2. The van der Waals surface area contributed by atoms with E-state index in [1.54, 1.807) is 13.8 Å². The first-order valence-electron chi connectivity index (χ1n) is 16.7. The number of ether oxygens (including phenoxy) is 6. The quantitative estimate of drug-likeness (QED) is 0.164. The van der Waals surface area contributed by atoms with Crippen molar-refractivity contribution in [2.24, 2.45) is 11.8 Å². The molecule has 17 nitrogen and oxygen atoms in total. The highest BCUT2D eigenvalue weighted by Gasteiger charge is 2.53. The SMILES string of the molecule is COC(=O)N[C@H](C(=O)N1C(C(=O)OCC(=O)OC(=O)C2CC3CCCC3N2C(=O)[C@@H](NC(=O)OC)[C@@H](C)OC)CC2CCCC21)[C@@H](C)OC. The van der Waals surface area contributed by atoms with Crippen molar-refractivity contribution in [3.63, 3.8) is 0 Å². The Morgan fingerprint density at radius 3 is 1.49 bits per heavy atom. The normalized spacial score (nSPS) is 28.0. The molecule has 0 aromatic heterocycles. The zero-order valence-corrected chi connectivity index (χ0v) is 28.8. The first kappa shape index (κ1) is 37.8. The molecule has 4 aliphatic rings. The van der Waals surface area contributed by atoms with Gasteiger partial charge in [-0.15, -0.1) is 0 Å². The fraction of sp³-hybridized carbons (Fsp3) is 0.781. The van der Waals surface area contributed by atoms with E-state index in [1.807, 2.05) is 0 Å². The van der Waals surface area contributed by atoms with Gasteiger partial charge >= 0.3 is 30.1 Å². The fourth-order valence-electron chi connectivity index (χ4n) is 7.79. The van der Waals surface area contributed by atoms with Gasteiger partial charge in [0.2, 0.25) is 11.8 Å². The van der Waals surface area contributed by atoms with Gasteiger partial charge in [0, 0.05) is 26.3 Å². The molecule has 0 aromatic carbocycles. The minimum atomic E-state index is -1.17. The number of amides is 4. The molecule has 0 bridgehead atoms. The number of nitrogens with zero attached hydrogens (tertiary/aromatic N) is 2. The highest BCUT2D eigenvalue weighted by molar-refractivity contribution is 5.95. The predicted octanol–water partition coefficient (Wildman–Crippen LogP) is 0.658. The lowest BCUT2D eigenvalue weighted by molar-refractivity contribution is -0.172. The Balaban J connectivity index is 1.42. The molecule has 0 radical (unpaired) electrons. The number of methoxy groups -OCH3 is 4. The second-order valence-corrected chi connectivity index (χ2v) is 13.0. The molecular formula is C32H48N4O13. The maximum atomic E-state index is 13.8. The average molecular weight is 697 g/mol. The molecule has 2 saturated heterocycles. The summed E-state index contributed by atoms with van der Waals surface area (Å²) in [7, 11) is 5.08. The molecule has 4 amide bonds. The molecule has 2 aliphatic carbocycles. The van der Waals surface area contributed by atoms with E-state index < -0.39 is 84.9 Å². The Hall–Kier alpha value is -3.99. The molecule has 4 rings (SSSR count). The minimum absolute atomic E-state index is 0.00489. The molecule has 274 valence electrons. The van der Waals surface area contributed by atoms with Crippen LogP contribution in [0.25, 0.3) is 0 Å². The Labute approximate surface area is 284 Å². The summed E-state index contributed by atoms with van der Waals surface area (Å²) in [5.41, 5.74) is 0. The van der Waals surface area contributed by atoms with Gasteiger partial charge in [0.25, 0.3) is 0 Å². The largest absolute Gasteiger partial charge is 0.453 e. The van der Waals surface area contributed by atoms with E-state index in [0.717, 1.165) is 39.9 Å². The van der Waals surface area contributed by atoms with Gasteiger partial charge in [-0.2, -0.15) is 0 Å². The summed E-state index contributed by atoms with van der Waals surface area (Å²) >= 11 is 0. The van der Waals surface area contributed by atoms with Crippen LogP contribution < -0.4 is 10.6 Å². The molecule has 0 spiro atoms. The number of hydrogen-bond donors (Lipinski definition) is 2. The first-order valence-corrected chi connectivity index (χ1v) is 16.7. The van der Waals surface area contributed by atoms with Gasteiger partial charge in [0.15, 0.2) is 6.61 Å². The van der Waals surface area contributed by atoms with E-state index in [4.69, 9.17) is 18.9 Å². The van der Waals surface area contributed by atoms with Gasteiger partial charge in [0.1, 0.15) is 24.2 Å². The predicted molar refractivity (Wildman–Crippen MR) is 166 cm³/mol. The molecule has 10 atom stereocenters. The minimum Gasteiger partial charge on any atom is -0.453 e. The second kappa shape index (κ2) is 16.6. The van der Waals surface area contributed by atoms with Crippen LogP contribution in [0.1, 0.15) is 65.2 Å². The number of rotatable bonds is 12. The lowest BCUT2D eigenvalue weighted by atomic mass is 10.0. The van der Waals surface area contributed by atoms with Crippen molar-refractivity contribution in [1.82, 2.24) is 20.4 Å². The van der Waals surface area contributed by atoms with Gasteiger partial charge in [0.05, 0.1) is 26.4 Å². The molecule has 17 heteroatoms. The van der Waals surface area contributed by atoms with Crippen molar-refractivity contribution in [2.75, 3.05) is 35.0 Å². The van der Waals surface area contributed by atoms with Crippen LogP contribution in [0.3, 0.4) is 0 Å². The summed E-state index contributed by atoms with van der Waals surface area (Å²) in [4.78, 5) is 94.0. The number of carbonyl (C=O) groups is 7.